The van der Waals surface area contributed by atoms with Crippen LogP contribution in [0.5, 0.6) is 0 Å². The quantitative estimate of drug-likeness (QED) is 0.243. The molecule has 0 atom stereocenters. The molecule has 0 aliphatic rings. The molecule has 0 aromatic carbocycles. The molecule has 0 bridgehead atoms. The predicted octanol–water partition coefficient (Wildman–Crippen LogP) is 3.81. The van der Waals surface area contributed by atoms with E-state index in [1.165, 1.54) is 38.5 Å². The molecule has 2 rings (SSSR count). The van der Waals surface area contributed by atoms with Crippen molar-refractivity contribution >= 4 is 39.4 Å². The van der Waals surface area contributed by atoms with Crippen LogP contribution in [0, 0.1) is 6.92 Å². The van der Waals surface area contributed by atoms with E-state index in [2.05, 4.69) is 15.4 Å². The Kier molecular flexibility index (Phi) is 11.4. The number of amides is 1. The van der Waals surface area contributed by atoms with Gasteiger partial charge in [-0.2, -0.15) is 31.4 Å². The highest BCUT2D eigenvalue weighted by Gasteiger charge is 2.38. The summed E-state index contributed by atoms with van der Waals surface area (Å²) >= 11 is 0. The first kappa shape index (κ1) is 30.1. The SMILES string of the molecule is Cc1c(C(=O)NCCSSCCC(=O)O)cnn1-c1ccc(C(F)(F)F)cn1.O=C(O)C(F)(F)F. The molecular formula is C18H18F6N4O5S2. The van der Waals surface area contributed by atoms with Crippen molar-refractivity contribution in [2.75, 3.05) is 18.1 Å². The van der Waals surface area contributed by atoms with Crippen LogP contribution in [-0.4, -0.2) is 67.1 Å². The first-order valence-electron chi connectivity index (χ1n) is 9.27. The molecule has 17 heteroatoms. The summed E-state index contributed by atoms with van der Waals surface area (Å²) in [7, 11) is 2.87. The molecule has 0 fully saturated rings. The third kappa shape index (κ3) is 10.5. The molecule has 3 N–H and O–H groups in total. The van der Waals surface area contributed by atoms with Crippen molar-refractivity contribution in [1.29, 1.82) is 0 Å². The lowest BCUT2D eigenvalue weighted by atomic mass is 10.2. The van der Waals surface area contributed by atoms with Gasteiger partial charge in [-0.3, -0.25) is 9.59 Å². The van der Waals surface area contributed by atoms with Crippen LogP contribution in [0.25, 0.3) is 5.82 Å². The normalized spacial score (nSPS) is 11.4. The van der Waals surface area contributed by atoms with Gasteiger partial charge in [0.05, 0.1) is 29.4 Å². The first-order chi connectivity index (χ1) is 16.1. The van der Waals surface area contributed by atoms with Crippen LogP contribution in [0.15, 0.2) is 24.5 Å². The fraction of sp³-hybridized carbons (Fsp3) is 0.389. The van der Waals surface area contributed by atoms with E-state index in [9.17, 15) is 35.9 Å². The van der Waals surface area contributed by atoms with Gasteiger partial charge in [0.15, 0.2) is 5.82 Å². The smallest absolute Gasteiger partial charge is 0.481 e. The van der Waals surface area contributed by atoms with Crippen molar-refractivity contribution < 1.29 is 50.9 Å². The van der Waals surface area contributed by atoms with Crippen molar-refractivity contribution in [3.8, 4) is 5.82 Å². The van der Waals surface area contributed by atoms with Gasteiger partial charge in [0.1, 0.15) is 0 Å². The molecule has 2 heterocycles. The van der Waals surface area contributed by atoms with Crippen molar-refractivity contribution in [2.45, 2.75) is 25.7 Å². The summed E-state index contributed by atoms with van der Waals surface area (Å²) in [6.07, 6.45) is -7.42. The van der Waals surface area contributed by atoms with Gasteiger partial charge in [-0.15, -0.1) is 0 Å². The monoisotopic (exact) mass is 548 g/mol. The second kappa shape index (κ2) is 13.2. The van der Waals surface area contributed by atoms with Gasteiger partial charge in [-0.05, 0) is 19.1 Å². The summed E-state index contributed by atoms with van der Waals surface area (Å²) in [6, 6.07) is 2.10. The third-order valence-corrected chi connectivity index (χ3v) is 6.15. The molecule has 35 heavy (non-hydrogen) atoms. The number of hydrogen-bond acceptors (Lipinski definition) is 7. The highest BCUT2D eigenvalue weighted by molar-refractivity contribution is 8.76. The number of carbonyl (C=O) groups is 3. The maximum atomic E-state index is 12.6. The second-order valence-electron chi connectivity index (χ2n) is 6.30. The van der Waals surface area contributed by atoms with Crippen LogP contribution < -0.4 is 5.32 Å². The van der Waals surface area contributed by atoms with Crippen molar-refractivity contribution in [1.82, 2.24) is 20.1 Å². The number of rotatable bonds is 9. The van der Waals surface area contributed by atoms with E-state index in [1.807, 2.05) is 0 Å². The number of carbonyl (C=O) groups excluding carboxylic acids is 1. The lowest BCUT2D eigenvalue weighted by Crippen LogP contribution is -2.26. The lowest BCUT2D eigenvalue weighted by Gasteiger charge is -2.08. The zero-order valence-corrected chi connectivity index (χ0v) is 19.3. The molecular weight excluding hydrogens is 530 g/mol. The molecule has 194 valence electrons. The molecule has 9 nitrogen and oxygen atoms in total. The Morgan fingerprint density at radius 3 is 2.11 bits per heavy atom. The predicted molar refractivity (Wildman–Crippen MR) is 114 cm³/mol. The van der Waals surface area contributed by atoms with E-state index >= 15 is 0 Å². The average Bonchev–Trinajstić information content (AvgIpc) is 3.13. The van der Waals surface area contributed by atoms with Gasteiger partial charge in [-0.1, -0.05) is 21.6 Å². The van der Waals surface area contributed by atoms with Gasteiger partial charge in [0.2, 0.25) is 0 Å². The number of nitrogens with zero attached hydrogens (tertiary/aromatic N) is 3. The van der Waals surface area contributed by atoms with Crippen LogP contribution in [0.1, 0.15) is 28.0 Å². The number of carboxylic acids is 2. The van der Waals surface area contributed by atoms with Crippen LogP contribution in [-0.2, 0) is 15.8 Å². The number of alkyl halides is 6. The Hall–Kier alpha value is -2.95. The molecule has 0 radical (unpaired) electrons. The van der Waals surface area contributed by atoms with E-state index in [0.29, 0.717) is 29.3 Å². The summed E-state index contributed by atoms with van der Waals surface area (Å²) in [4.78, 5) is 35.3. The number of hydrogen-bond donors (Lipinski definition) is 3. The van der Waals surface area contributed by atoms with E-state index < -0.39 is 29.9 Å². The fourth-order valence-electron chi connectivity index (χ4n) is 2.09. The number of carboxylic acid groups (broad SMARTS) is 2. The minimum Gasteiger partial charge on any atom is -0.481 e. The van der Waals surface area contributed by atoms with Crippen molar-refractivity contribution in [3.05, 3.63) is 41.3 Å². The van der Waals surface area contributed by atoms with E-state index in [-0.39, 0.29) is 18.1 Å². The van der Waals surface area contributed by atoms with E-state index in [4.69, 9.17) is 15.0 Å². The summed E-state index contributed by atoms with van der Waals surface area (Å²) in [6.45, 7) is 2.00. The Balaban J connectivity index is 0.000000762. The van der Waals surface area contributed by atoms with Crippen LogP contribution in [0.4, 0.5) is 26.3 Å². The summed E-state index contributed by atoms with van der Waals surface area (Å²) in [5.74, 6) is -2.70. The number of halogens is 6. The van der Waals surface area contributed by atoms with Crippen LogP contribution >= 0.6 is 21.6 Å². The maximum Gasteiger partial charge on any atom is 0.490 e. The minimum atomic E-state index is -5.08. The Morgan fingerprint density at radius 2 is 1.63 bits per heavy atom. The Labute approximate surface area is 201 Å². The van der Waals surface area contributed by atoms with Crippen molar-refractivity contribution in [3.63, 3.8) is 0 Å². The highest BCUT2D eigenvalue weighted by atomic mass is 33.1. The third-order valence-electron chi connectivity index (χ3n) is 3.74. The standard InChI is InChI=1S/C16H17F3N4O3S2.C2HF3O2/c1-10-12(15(26)20-5-7-28-27-6-4-14(24)25)9-22-23(10)13-3-2-11(8-21-13)16(17,18)19;3-2(4,5)1(6)7/h2-3,8-9H,4-7H2,1H3,(H,20,26)(H,24,25);(H,6,7). The summed E-state index contributed by atoms with van der Waals surface area (Å²) in [5.41, 5.74) is -0.115. The zero-order chi connectivity index (χ0) is 26.8. The summed E-state index contributed by atoms with van der Waals surface area (Å²) < 4.78 is 70.9. The number of pyridine rings is 1. The lowest BCUT2D eigenvalue weighted by molar-refractivity contribution is -0.192. The van der Waals surface area contributed by atoms with Gasteiger partial charge >= 0.3 is 24.3 Å². The van der Waals surface area contributed by atoms with Crippen LogP contribution in [0.2, 0.25) is 0 Å². The molecule has 0 saturated carbocycles. The Morgan fingerprint density at radius 1 is 1.03 bits per heavy atom. The number of nitrogens with one attached hydrogen (secondary N) is 1. The molecule has 2 aromatic heterocycles. The van der Waals surface area contributed by atoms with Gasteiger partial charge in [-0.25, -0.2) is 14.5 Å². The molecule has 0 aliphatic heterocycles. The molecule has 0 spiro atoms. The highest BCUT2D eigenvalue weighted by Crippen LogP contribution is 2.29. The molecule has 1 amide bonds. The molecule has 0 saturated heterocycles. The van der Waals surface area contributed by atoms with Crippen LogP contribution in [0.3, 0.4) is 0 Å². The second-order valence-corrected chi connectivity index (χ2v) is 9.01. The molecule has 0 unspecified atom stereocenters. The van der Waals surface area contributed by atoms with Gasteiger partial charge < -0.3 is 15.5 Å². The van der Waals surface area contributed by atoms with Gasteiger partial charge in [0.25, 0.3) is 5.91 Å². The topological polar surface area (TPSA) is 134 Å². The fourth-order valence-corrected chi connectivity index (χ4v) is 3.98. The van der Waals surface area contributed by atoms with E-state index in [0.717, 1.165) is 12.3 Å². The maximum absolute atomic E-state index is 12.6. The first-order valence-corrected chi connectivity index (χ1v) is 11.8. The molecule has 2 aromatic rings. The average molecular weight is 548 g/mol. The van der Waals surface area contributed by atoms with Crippen molar-refractivity contribution in [2.24, 2.45) is 0 Å². The van der Waals surface area contributed by atoms with Gasteiger partial charge in [0, 0.05) is 24.2 Å². The number of aromatic nitrogens is 3. The summed E-state index contributed by atoms with van der Waals surface area (Å²) in [5, 5.41) is 22.4. The Bertz CT molecular complexity index is 1010. The van der Waals surface area contributed by atoms with E-state index in [1.54, 1.807) is 6.92 Å². The minimum absolute atomic E-state index is 0.0837. The molecule has 0 aliphatic carbocycles. The zero-order valence-electron chi connectivity index (χ0n) is 17.7. The number of aliphatic carboxylic acids is 2. The largest absolute Gasteiger partial charge is 0.490 e.